The number of nitrogens with one attached hydrogen (secondary N) is 1. The van der Waals surface area contributed by atoms with Crippen molar-refractivity contribution in [3.63, 3.8) is 0 Å². The fraction of sp³-hybridized carbons (Fsp3) is 0.190. The molecule has 6 heteroatoms. The molecule has 0 saturated carbocycles. The van der Waals surface area contributed by atoms with Crippen molar-refractivity contribution in [1.82, 2.24) is 15.2 Å². The molecule has 1 N–H and O–H groups in total. The first kappa shape index (κ1) is 15.8. The van der Waals surface area contributed by atoms with Crippen LogP contribution < -0.4 is 10.1 Å². The highest BCUT2D eigenvalue weighted by molar-refractivity contribution is 6.08. The first-order valence-corrected chi connectivity index (χ1v) is 8.88. The van der Waals surface area contributed by atoms with Gasteiger partial charge >= 0.3 is 6.03 Å². The van der Waals surface area contributed by atoms with Crippen LogP contribution in [0.2, 0.25) is 0 Å². The molecule has 134 valence electrons. The number of fused-ring (bicyclic) bond motifs is 3. The number of urea groups is 1. The number of nitrogens with zero attached hydrogens (tertiary/aromatic N) is 2. The molecular weight excluding hydrogens is 342 g/mol. The summed E-state index contributed by atoms with van der Waals surface area (Å²) in [7, 11) is 0. The quantitative estimate of drug-likeness (QED) is 0.714. The molecule has 1 saturated heterocycles. The molecule has 1 aromatic heterocycles. The molecule has 3 amide bonds. The van der Waals surface area contributed by atoms with Crippen molar-refractivity contribution < 1.29 is 14.3 Å². The number of carbonyl (C=O) groups is 2. The summed E-state index contributed by atoms with van der Waals surface area (Å²) < 4.78 is 5.67. The van der Waals surface area contributed by atoms with Crippen LogP contribution in [0.25, 0.3) is 10.9 Å². The van der Waals surface area contributed by atoms with E-state index >= 15 is 0 Å². The van der Waals surface area contributed by atoms with E-state index in [1.807, 2.05) is 54.6 Å². The van der Waals surface area contributed by atoms with Crippen LogP contribution in [-0.4, -0.2) is 28.4 Å². The highest BCUT2D eigenvalue weighted by Crippen LogP contribution is 2.41. The van der Waals surface area contributed by atoms with Gasteiger partial charge in [-0.3, -0.25) is 14.7 Å². The van der Waals surface area contributed by atoms with Gasteiger partial charge in [0.15, 0.2) is 5.54 Å². The Kier molecular flexibility index (Phi) is 3.40. The summed E-state index contributed by atoms with van der Waals surface area (Å²) in [6, 6.07) is 16.6. The maximum atomic E-state index is 13.4. The molecule has 2 aliphatic heterocycles. The largest absolute Gasteiger partial charge is 0.493 e. The van der Waals surface area contributed by atoms with Crippen molar-refractivity contribution in [3.8, 4) is 5.75 Å². The number of ether oxygens (including phenoxy) is 1. The Balaban J connectivity index is 1.54. The van der Waals surface area contributed by atoms with Crippen LogP contribution in [0.4, 0.5) is 4.79 Å². The number of imide groups is 1. The molecule has 0 radical (unpaired) electrons. The summed E-state index contributed by atoms with van der Waals surface area (Å²) >= 11 is 0. The van der Waals surface area contributed by atoms with Crippen LogP contribution in [-0.2, 0) is 16.9 Å². The van der Waals surface area contributed by atoms with Gasteiger partial charge in [-0.15, -0.1) is 0 Å². The molecule has 6 nitrogen and oxygen atoms in total. The number of hydrogen-bond donors (Lipinski definition) is 1. The maximum Gasteiger partial charge on any atom is 0.325 e. The third-order valence-corrected chi connectivity index (χ3v) is 5.30. The zero-order valence-corrected chi connectivity index (χ0v) is 14.5. The third kappa shape index (κ3) is 2.30. The Bertz CT molecular complexity index is 1080. The van der Waals surface area contributed by atoms with Gasteiger partial charge in [-0.25, -0.2) is 4.79 Å². The van der Waals surface area contributed by atoms with E-state index in [1.165, 1.54) is 4.90 Å². The van der Waals surface area contributed by atoms with Gasteiger partial charge in [0, 0.05) is 23.6 Å². The van der Waals surface area contributed by atoms with Gasteiger partial charge < -0.3 is 10.1 Å². The molecule has 0 aliphatic carbocycles. The second-order valence-corrected chi connectivity index (χ2v) is 6.81. The standard InChI is InChI=1S/C21H17N3O3/c25-19-21(10-12-27-17-9-2-1-8-16(17)21)23-20(26)24(19)13-15-6-3-5-14-7-4-11-22-18(14)15/h1-9,11H,10,12-13H2,(H,23,26). The summed E-state index contributed by atoms with van der Waals surface area (Å²) in [4.78, 5) is 31.8. The highest BCUT2D eigenvalue weighted by Gasteiger charge is 2.54. The maximum absolute atomic E-state index is 13.4. The minimum absolute atomic E-state index is 0.184. The SMILES string of the molecule is O=C1NC2(CCOc3ccccc32)C(=O)N1Cc1cccc2cccnc12. The van der Waals surface area contributed by atoms with E-state index in [-0.39, 0.29) is 18.5 Å². The molecule has 1 unspecified atom stereocenters. The first-order valence-electron chi connectivity index (χ1n) is 8.88. The number of amides is 3. The van der Waals surface area contributed by atoms with Crippen molar-refractivity contribution >= 4 is 22.8 Å². The van der Waals surface area contributed by atoms with Crippen LogP contribution in [0.1, 0.15) is 17.5 Å². The smallest absolute Gasteiger partial charge is 0.325 e. The number of para-hydroxylation sites is 2. The predicted octanol–water partition coefficient (Wildman–Crippen LogP) is 2.96. The van der Waals surface area contributed by atoms with E-state index in [1.54, 1.807) is 6.20 Å². The van der Waals surface area contributed by atoms with Crippen LogP contribution in [0.3, 0.4) is 0 Å². The summed E-state index contributed by atoms with van der Waals surface area (Å²) in [5, 5.41) is 3.91. The van der Waals surface area contributed by atoms with Crippen LogP contribution >= 0.6 is 0 Å². The summed E-state index contributed by atoms with van der Waals surface area (Å²) in [6.07, 6.45) is 2.13. The van der Waals surface area contributed by atoms with E-state index in [4.69, 9.17) is 4.74 Å². The van der Waals surface area contributed by atoms with E-state index in [9.17, 15) is 9.59 Å². The second kappa shape index (κ2) is 5.81. The number of aromatic nitrogens is 1. The Labute approximate surface area is 155 Å². The topological polar surface area (TPSA) is 71.5 Å². The first-order chi connectivity index (χ1) is 13.2. The Hall–Kier alpha value is -3.41. The Morgan fingerprint density at radius 1 is 1.07 bits per heavy atom. The van der Waals surface area contributed by atoms with E-state index in [2.05, 4.69) is 10.3 Å². The average molecular weight is 359 g/mol. The van der Waals surface area contributed by atoms with Crippen LogP contribution in [0, 0.1) is 0 Å². The van der Waals surface area contributed by atoms with Gasteiger partial charge in [-0.05, 0) is 17.7 Å². The molecule has 3 heterocycles. The minimum Gasteiger partial charge on any atom is -0.493 e. The molecule has 0 bridgehead atoms. The molecule has 5 rings (SSSR count). The molecule has 2 aliphatic rings. The van der Waals surface area contributed by atoms with Gasteiger partial charge in [-0.2, -0.15) is 0 Å². The van der Waals surface area contributed by atoms with Crippen molar-refractivity contribution in [1.29, 1.82) is 0 Å². The second-order valence-electron chi connectivity index (χ2n) is 6.81. The van der Waals surface area contributed by atoms with Gasteiger partial charge in [0.1, 0.15) is 5.75 Å². The fourth-order valence-corrected chi connectivity index (χ4v) is 3.98. The lowest BCUT2D eigenvalue weighted by Crippen LogP contribution is -2.47. The number of rotatable bonds is 2. The Morgan fingerprint density at radius 2 is 1.93 bits per heavy atom. The van der Waals surface area contributed by atoms with Gasteiger partial charge in [0.05, 0.1) is 18.7 Å². The summed E-state index contributed by atoms with van der Waals surface area (Å²) in [5.74, 6) is 0.405. The van der Waals surface area contributed by atoms with Crippen LogP contribution in [0.15, 0.2) is 60.8 Å². The lowest BCUT2D eigenvalue weighted by atomic mass is 9.84. The normalized spacial score (nSPS) is 21.3. The number of hydrogen-bond acceptors (Lipinski definition) is 4. The van der Waals surface area contributed by atoms with Crippen molar-refractivity contribution in [2.75, 3.05) is 6.61 Å². The number of carbonyl (C=O) groups excluding carboxylic acids is 2. The van der Waals surface area contributed by atoms with Crippen molar-refractivity contribution in [2.24, 2.45) is 0 Å². The lowest BCUT2D eigenvalue weighted by molar-refractivity contribution is -0.133. The predicted molar refractivity (Wildman–Crippen MR) is 99.1 cm³/mol. The van der Waals surface area contributed by atoms with Crippen molar-refractivity contribution in [2.45, 2.75) is 18.5 Å². The molecule has 1 fully saturated rings. The molecule has 1 spiro atoms. The van der Waals surface area contributed by atoms with E-state index in [0.717, 1.165) is 16.5 Å². The monoisotopic (exact) mass is 359 g/mol. The molecule has 27 heavy (non-hydrogen) atoms. The third-order valence-electron chi connectivity index (χ3n) is 5.30. The summed E-state index contributed by atoms with van der Waals surface area (Å²) in [6.45, 7) is 0.566. The molecule has 3 aromatic rings. The molecule has 2 aromatic carbocycles. The van der Waals surface area contributed by atoms with Gasteiger partial charge in [0.2, 0.25) is 0 Å². The zero-order valence-electron chi connectivity index (χ0n) is 14.5. The van der Waals surface area contributed by atoms with Gasteiger partial charge in [0.25, 0.3) is 5.91 Å². The van der Waals surface area contributed by atoms with E-state index in [0.29, 0.717) is 24.3 Å². The molecule has 1 atom stereocenters. The fourth-order valence-electron chi connectivity index (χ4n) is 3.98. The van der Waals surface area contributed by atoms with Gasteiger partial charge in [-0.1, -0.05) is 42.5 Å². The van der Waals surface area contributed by atoms with E-state index < -0.39 is 5.54 Å². The van der Waals surface area contributed by atoms with Crippen LogP contribution in [0.5, 0.6) is 5.75 Å². The zero-order chi connectivity index (χ0) is 18.4. The number of pyridine rings is 1. The Morgan fingerprint density at radius 3 is 2.85 bits per heavy atom. The van der Waals surface area contributed by atoms with Crippen molar-refractivity contribution in [3.05, 3.63) is 71.9 Å². The highest BCUT2D eigenvalue weighted by atomic mass is 16.5. The molecular formula is C21H17N3O3. The minimum atomic E-state index is -1.05. The summed E-state index contributed by atoms with van der Waals surface area (Å²) in [5.41, 5.74) is 1.31. The lowest BCUT2D eigenvalue weighted by Gasteiger charge is -2.33. The average Bonchev–Trinajstić information content (AvgIpc) is 2.93. The number of benzene rings is 2.